The third-order valence-corrected chi connectivity index (χ3v) is 1.81. The summed E-state index contributed by atoms with van der Waals surface area (Å²) in [5, 5.41) is 0. The lowest BCUT2D eigenvalue weighted by Gasteiger charge is -2.10. The molecule has 1 unspecified atom stereocenters. The van der Waals surface area contributed by atoms with E-state index >= 15 is 0 Å². The molecule has 16 heavy (non-hydrogen) atoms. The zero-order valence-electron chi connectivity index (χ0n) is 7.96. The third kappa shape index (κ3) is 3.57. The van der Waals surface area contributed by atoms with E-state index in [2.05, 4.69) is 11.3 Å². The molecule has 0 aliphatic rings. The standard InChI is InChI=1S/C11H10O4.CH4/c1-2-11(15-8-13)9-3-5-10(6-4-9)14-7-12;/h2-8,11H,1H2;1H4. The summed E-state index contributed by atoms with van der Waals surface area (Å²) in [6, 6.07) is 6.59. The SMILES string of the molecule is C.C=CC(OC=O)c1ccc(OC=O)cc1. The Labute approximate surface area is 94.5 Å². The highest BCUT2D eigenvalue weighted by Crippen LogP contribution is 2.20. The monoisotopic (exact) mass is 222 g/mol. The summed E-state index contributed by atoms with van der Waals surface area (Å²) in [7, 11) is 0. The van der Waals surface area contributed by atoms with Crippen molar-refractivity contribution >= 4 is 12.9 Å². The number of benzene rings is 1. The molecule has 86 valence electrons. The minimum atomic E-state index is -0.479. The highest BCUT2D eigenvalue weighted by molar-refractivity contribution is 5.46. The Morgan fingerprint density at radius 1 is 1.12 bits per heavy atom. The van der Waals surface area contributed by atoms with Crippen LogP contribution in [0.4, 0.5) is 0 Å². The van der Waals surface area contributed by atoms with Crippen molar-refractivity contribution in [2.45, 2.75) is 13.5 Å². The van der Waals surface area contributed by atoms with E-state index in [0.717, 1.165) is 5.56 Å². The quantitative estimate of drug-likeness (QED) is 0.547. The van der Waals surface area contributed by atoms with E-state index in [1.165, 1.54) is 6.08 Å². The lowest BCUT2D eigenvalue weighted by molar-refractivity contribution is -0.131. The van der Waals surface area contributed by atoms with Gasteiger partial charge in [-0.05, 0) is 23.8 Å². The molecule has 0 aliphatic heterocycles. The van der Waals surface area contributed by atoms with E-state index < -0.39 is 6.10 Å². The molecular formula is C12H14O4. The molecule has 0 aromatic heterocycles. The molecule has 0 fully saturated rings. The fourth-order valence-electron chi connectivity index (χ4n) is 1.12. The molecule has 0 N–H and O–H groups in total. The molecule has 1 rings (SSSR count). The molecule has 1 aromatic carbocycles. The Kier molecular flexibility index (Phi) is 6.28. The molecule has 0 radical (unpaired) electrons. The Hall–Kier alpha value is -2.10. The van der Waals surface area contributed by atoms with Crippen LogP contribution in [0, 0.1) is 0 Å². The van der Waals surface area contributed by atoms with E-state index in [0.29, 0.717) is 18.7 Å². The molecule has 0 aliphatic carbocycles. The van der Waals surface area contributed by atoms with Gasteiger partial charge in [-0.3, -0.25) is 9.59 Å². The number of carbonyl (C=O) groups is 2. The molecule has 0 saturated carbocycles. The van der Waals surface area contributed by atoms with Crippen LogP contribution in [0.5, 0.6) is 5.75 Å². The van der Waals surface area contributed by atoms with Gasteiger partial charge in [-0.25, -0.2) is 0 Å². The highest BCUT2D eigenvalue weighted by Gasteiger charge is 2.07. The van der Waals surface area contributed by atoms with Crippen molar-refractivity contribution in [1.82, 2.24) is 0 Å². The van der Waals surface area contributed by atoms with E-state index in [1.54, 1.807) is 24.3 Å². The predicted octanol–water partition coefficient (Wildman–Crippen LogP) is 2.26. The van der Waals surface area contributed by atoms with Gasteiger partial charge in [0.15, 0.2) is 0 Å². The Morgan fingerprint density at radius 2 is 1.75 bits per heavy atom. The van der Waals surface area contributed by atoms with Gasteiger partial charge in [-0.15, -0.1) is 0 Å². The van der Waals surface area contributed by atoms with E-state index in [9.17, 15) is 9.59 Å². The predicted molar refractivity (Wildman–Crippen MR) is 60.0 cm³/mol. The highest BCUT2D eigenvalue weighted by atomic mass is 16.5. The van der Waals surface area contributed by atoms with Crippen molar-refractivity contribution in [3.05, 3.63) is 42.5 Å². The fraction of sp³-hybridized carbons (Fsp3) is 0.167. The van der Waals surface area contributed by atoms with Crippen LogP contribution in [0.25, 0.3) is 0 Å². The van der Waals surface area contributed by atoms with Crippen LogP contribution in [0.3, 0.4) is 0 Å². The first-order valence-electron chi connectivity index (χ1n) is 4.23. The lowest BCUT2D eigenvalue weighted by atomic mass is 10.1. The zero-order valence-corrected chi connectivity index (χ0v) is 7.96. The minimum absolute atomic E-state index is 0. The minimum Gasteiger partial charge on any atom is -0.455 e. The van der Waals surface area contributed by atoms with Crippen molar-refractivity contribution in [1.29, 1.82) is 0 Å². The first kappa shape index (κ1) is 13.9. The number of ether oxygens (including phenoxy) is 2. The molecule has 0 spiro atoms. The second-order valence-electron chi connectivity index (χ2n) is 2.67. The number of rotatable bonds is 6. The van der Waals surface area contributed by atoms with Crippen LogP contribution in [-0.2, 0) is 14.3 Å². The van der Waals surface area contributed by atoms with Gasteiger partial charge in [0.05, 0.1) is 0 Å². The van der Waals surface area contributed by atoms with Crippen molar-refractivity contribution in [2.75, 3.05) is 0 Å². The molecular weight excluding hydrogens is 208 g/mol. The first-order chi connectivity index (χ1) is 7.31. The van der Waals surface area contributed by atoms with Gasteiger partial charge >= 0.3 is 0 Å². The van der Waals surface area contributed by atoms with Gasteiger partial charge in [0.1, 0.15) is 11.9 Å². The van der Waals surface area contributed by atoms with E-state index in [-0.39, 0.29) is 7.43 Å². The summed E-state index contributed by atoms with van der Waals surface area (Å²) in [5.41, 5.74) is 0.760. The summed E-state index contributed by atoms with van der Waals surface area (Å²) in [6.07, 6.45) is 1.03. The Bertz CT molecular complexity index is 343. The second kappa shape index (κ2) is 7.23. The average molecular weight is 222 g/mol. The molecule has 4 nitrogen and oxygen atoms in total. The molecule has 0 heterocycles. The van der Waals surface area contributed by atoms with Crippen LogP contribution in [-0.4, -0.2) is 12.9 Å². The van der Waals surface area contributed by atoms with Crippen LogP contribution in [0.2, 0.25) is 0 Å². The Morgan fingerprint density at radius 3 is 2.19 bits per heavy atom. The van der Waals surface area contributed by atoms with Gasteiger partial charge in [-0.2, -0.15) is 0 Å². The van der Waals surface area contributed by atoms with Gasteiger partial charge in [0.25, 0.3) is 12.9 Å². The van der Waals surface area contributed by atoms with Crippen LogP contribution < -0.4 is 4.74 Å². The molecule has 0 saturated heterocycles. The first-order valence-corrected chi connectivity index (χ1v) is 4.23. The molecule has 4 heteroatoms. The summed E-state index contributed by atoms with van der Waals surface area (Å²) in [6.45, 7) is 4.26. The largest absolute Gasteiger partial charge is 0.455 e. The second-order valence-corrected chi connectivity index (χ2v) is 2.67. The summed E-state index contributed by atoms with van der Waals surface area (Å²) in [5.74, 6) is 0.433. The maximum absolute atomic E-state index is 10.2. The van der Waals surface area contributed by atoms with Gasteiger partial charge in [-0.1, -0.05) is 26.1 Å². The number of hydrogen-bond acceptors (Lipinski definition) is 4. The topological polar surface area (TPSA) is 52.6 Å². The lowest BCUT2D eigenvalue weighted by Crippen LogP contribution is -1.99. The van der Waals surface area contributed by atoms with Crippen LogP contribution in [0.15, 0.2) is 36.9 Å². The smallest absolute Gasteiger partial charge is 0.298 e. The summed E-state index contributed by atoms with van der Waals surface area (Å²) >= 11 is 0. The molecule has 1 atom stereocenters. The molecule has 0 amide bonds. The van der Waals surface area contributed by atoms with Gasteiger partial charge < -0.3 is 9.47 Å². The average Bonchev–Trinajstić information content (AvgIpc) is 2.28. The summed E-state index contributed by atoms with van der Waals surface area (Å²) < 4.78 is 9.39. The summed E-state index contributed by atoms with van der Waals surface area (Å²) in [4.78, 5) is 20.2. The molecule has 0 bridgehead atoms. The fourth-order valence-corrected chi connectivity index (χ4v) is 1.12. The molecule has 1 aromatic rings. The normalized spacial score (nSPS) is 10.5. The number of carbonyl (C=O) groups excluding carboxylic acids is 2. The van der Waals surface area contributed by atoms with E-state index in [1.807, 2.05) is 0 Å². The third-order valence-electron chi connectivity index (χ3n) is 1.81. The van der Waals surface area contributed by atoms with Gasteiger partial charge in [0.2, 0.25) is 0 Å². The van der Waals surface area contributed by atoms with Crippen molar-refractivity contribution in [3.8, 4) is 5.75 Å². The maximum atomic E-state index is 10.2. The van der Waals surface area contributed by atoms with Crippen molar-refractivity contribution in [3.63, 3.8) is 0 Å². The maximum Gasteiger partial charge on any atom is 0.298 e. The van der Waals surface area contributed by atoms with Gasteiger partial charge in [0, 0.05) is 0 Å². The zero-order chi connectivity index (χ0) is 11.1. The van der Waals surface area contributed by atoms with Crippen LogP contribution in [0.1, 0.15) is 19.1 Å². The van der Waals surface area contributed by atoms with Crippen molar-refractivity contribution < 1.29 is 19.1 Å². The Balaban J connectivity index is 0.00000225. The van der Waals surface area contributed by atoms with E-state index in [4.69, 9.17) is 4.74 Å². The van der Waals surface area contributed by atoms with Crippen LogP contribution >= 0.6 is 0 Å². The van der Waals surface area contributed by atoms with Crippen molar-refractivity contribution in [2.24, 2.45) is 0 Å². The number of hydrogen-bond donors (Lipinski definition) is 0.